The largest absolute Gasteiger partial charge is 0.459 e. The molecule has 0 heterocycles. The van der Waals surface area contributed by atoms with Crippen LogP contribution in [0, 0.1) is 0 Å². The molecule has 0 aromatic rings. The second-order valence-corrected chi connectivity index (χ2v) is 4.93. The van der Waals surface area contributed by atoms with Gasteiger partial charge in [-0.1, -0.05) is 34.8 Å². The molecule has 0 aromatic heterocycles. The number of hydrogen-bond acceptors (Lipinski definition) is 5. The predicted molar refractivity (Wildman–Crippen MR) is 50.3 cm³/mol. The van der Waals surface area contributed by atoms with Crippen LogP contribution in [-0.2, 0) is 9.53 Å². The van der Waals surface area contributed by atoms with E-state index in [1.165, 1.54) is 0 Å². The molecule has 0 amide bonds. The van der Waals surface area contributed by atoms with Crippen LogP contribution in [0.3, 0.4) is 0 Å². The van der Waals surface area contributed by atoms with E-state index in [4.69, 9.17) is 50.1 Å². The zero-order valence-corrected chi connectivity index (χ0v) is 9.13. The van der Waals surface area contributed by atoms with Crippen LogP contribution in [-0.4, -0.2) is 50.5 Å². The molecule has 0 bridgehead atoms. The highest BCUT2D eigenvalue weighted by molar-refractivity contribution is 6.67. The molecule has 0 unspecified atom stereocenters. The van der Waals surface area contributed by atoms with Gasteiger partial charge in [-0.3, -0.25) is 0 Å². The molecule has 0 fully saturated rings. The molecule has 0 aliphatic carbocycles. The van der Waals surface area contributed by atoms with E-state index in [2.05, 4.69) is 4.74 Å². The van der Waals surface area contributed by atoms with Crippen molar-refractivity contribution in [1.29, 1.82) is 0 Å². The Morgan fingerprint density at radius 3 is 2.21 bits per heavy atom. The fraction of sp³-hybridized carbons (Fsp3) is 0.833. The average Bonchev–Trinajstić information content (AvgIpc) is 2.10. The summed E-state index contributed by atoms with van der Waals surface area (Å²) in [4.78, 5) is 10.9. The maximum absolute atomic E-state index is 10.9. The van der Waals surface area contributed by atoms with E-state index < -0.39 is 35.2 Å². The Morgan fingerprint density at radius 2 is 1.86 bits per heavy atom. The number of ether oxygens (including phenoxy) is 1. The number of aliphatic hydroxyl groups is 3. The Morgan fingerprint density at radius 1 is 1.36 bits per heavy atom. The van der Waals surface area contributed by atoms with Gasteiger partial charge in [0.05, 0.1) is 6.61 Å². The Balaban J connectivity index is 3.97. The molecule has 0 rings (SSSR count). The smallest absolute Gasteiger partial charge is 0.337 e. The fourth-order valence-corrected chi connectivity index (χ4v) is 0.659. The van der Waals surface area contributed by atoms with Gasteiger partial charge in [-0.05, 0) is 0 Å². The van der Waals surface area contributed by atoms with Crippen LogP contribution in [0.15, 0.2) is 0 Å². The number of alkyl halides is 3. The molecule has 0 saturated carbocycles. The second-order valence-electron chi connectivity index (χ2n) is 2.42. The lowest BCUT2D eigenvalue weighted by Gasteiger charge is -2.16. The quantitative estimate of drug-likeness (QED) is 0.477. The minimum absolute atomic E-state index is 0.550. The Bertz CT molecular complexity index is 192. The SMILES string of the molecule is O=C(OCC(Cl)(Cl)Cl)[C@@H](O)[C@@H](O)CO. The molecule has 0 aromatic carbocycles. The first kappa shape index (κ1) is 14.2. The van der Waals surface area contributed by atoms with Crippen LogP contribution >= 0.6 is 34.8 Å². The summed E-state index contributed by atoms with van der Waals surface area (Å²) < 4.78 is 2.56. The normalized spacial score (nSPS) is 16.1. The number of hydrogen-bond donors (Lipinski definition) is 3. The van der Waals surface area contributed by atoms with Crippen LogP contribution in [0.1, 0.15) is 0 Å². The van der Waals surface area contributed by atoms with Gasteiger partial charge in [-0.25, -0.2) is 4.79 Å². The van der Waals surface area contributed by atoms with Crippen molar-refractivity contribution in [3.63, 3.8) is 0 Å². The summed E-state index contributed by atoms with van der Waals surface area (Å²) in [5.74, 6) is -1.17. The van der Waals surface area contributed by atoms with E-state index >= 15 is 0 Å². The first-order valence-corrected chi connectivity index (χ1v) is 4.61. The second kappa shape index (κ2) is 5.95. The maximum Gasteiger partial charge on any atom is 0.337 e. The van der Waals surface area contributed by atoms with Gasteiger partial charge in [0.1, 0.15) is 12.7 Å². The Kier molecular flexibility index (Phi) is 6.04. The van der Waals surface area contributed by atoms with Crippen molar-refractivity contribution >= 4 is 40.8 Å². The van der Waals surface area contributed by atoms with Gasteiger partial charge in [-0.15, -0.1) is 0 Å². The Labute approximate surface area is 95.1 Å². The van der Waals surface area contributed by atoms with E-state index in [9.17, 15) is 4.79 Å². The third-order valence-electron chi connectivity index (χ3n) is 1.17. The van der Waals surface area contributed by atoms with E-state index in [-0.39, 0.29) is 0 Å². The highest BCUT2D eigenvalue weighted by Gasteiger charge is 2.28. The third kappa shape index (κ3) is 5.85. The van der Waals surface area contributed by atoms with Crippen molar-refractivity contribution in [1.82, 2.24) is 0 Å². The monoisotopic (exact) mass is 266 g/mol. The zero-order chi connectivity index (χ0) is 11.4. The van der Waals surface area contributed by atoms with Crippen LogP contribution in [0.4, 0.5) is 0 Å². The molecule has 0 spiro atoms. The lowest BCUT2D eigenvalue weighted by molar-refractivity contribution is -0.161. The predicted octanol–water partition coefficient (Wildman–Crippen LogP) is -0.386. The summed E-state index contributed by atoms with van der Waals surface area (Å²) in [5.41, 5.74) is 0. The highest BCUT2D eigenvalue weighted by atomic mass is 35.6. The van der Waals surface area contributed by atoms with Gasteiger partial charge in [0.15, 0.2) is 6.10 Å². The molecule has 84 valence electrons. The van der Waals surface area contributed by atoms with Gasteiger partial charge < -0.3 is 20.1 Å². The average molecular weight is 267 g/mol. The van der Waals surface area contributed by atoms with Crippen molar-refractivity contribution in [3.05, 3.63) is 0 Å². The van der Waals surface area contributed by atoms with Crippen LogP contribution in [0.2, 0.25) is 0 Å². The van der Waals surface area contributed by atoms with E-state index in [0.717, 1.165) is 0 Å². The van der Waals surface area contributed by atoms with Gasteiger partial charge >= 0.3 is 5.97 Å². The number of carbonyl (C=O) groups is 1. The molecular weight excluding hydrogens is 258 g/mol. The molecule has 0 aliphatic rings. The summed E-state index contributed by atoms with van der Waals surface area (Å²) in [7, 11) is 0. The summed E-state index contributed by atoms with van der Waals surface area (Å²) in [6, 6.07) is 0. The van der Waals surface area contributed by atoms with Crippen LogP contribution in [0.5, 0.6) is 0 Å². The maximum atomic E-state index is 10.9. The van der Waals surface area contributed by atoms with Crippen molar-refractivity contribution in [2.75, 3.05) is 13.2 Å². The lowest BCUT2D eigenvalue weighted by Crippen LogP contribution is -2.38. The van der Waals surface area contributed by atoms with E-state index in [1.807, 2.05) is 0 Å². The van der Waals surface area contributed by atoms with Gasteiger partial charge in [-0.2, -0.15) is 0 Å². The molecule has 0 aliphatic heterocycles. The minimum atomic E-state index is -1.85. The molecule has 2 atom stereocenters. The molecule has 0 radical (unpaired) electrons. The van der Waals surface area contributed by atoms with E-state index in [1.54, 1.807) is 0 Å². The van der Waals surface area contributed by atoms with E-state index in [0.29, 0.717) is 0 Å². The lowest BCUT2D eigenvalue weighted by atomic mass is 10.2. The zero-order valence-electron chi connectivity index (χ0n) is 6.86. The summed E-state index contributed by atoms with van der Waals surface area (Å²) in [5, 5.41) is 26.2. The molecule has 3 N–H and O–H groups in total. The first-order valence-electron chi connectivity index (χ1n) is 3.48. The molecule has 14 heavy (non-hydrogen) atoms. The fourth-order valence-electron chi connectivity index (χ4n) is 0.495. The Hall–Kier alpha value is 0.220. The van der Waals surface area contributed by atoms with Gasteiger partial charge in [0, 0.05) is 0 Å². The number of halogens is 3. The van der Waals surface area contributed by atoms with Gasteiger partial charge in [0.2, 0.25) is 3.79 Å². The highest BCUT2D eigenvalue weighted by Crippen LogP contribution is 2.26. The molecular formula is C6H9Cl3O5. The topological polar surface area (TPSA) is 87.0 Å². The van der Waals surface area contributed by atoms with Crippen molar-refractivity contribution in [3.8, 4) is 0 Å². The van der Waals surface area contributed by atoms with Crippen LogP contribution < -0.4 is 0 Å². The molecule has 0 saturated heterocycles. The number of carbonyl (C=O) groups excluding carboxylic acids is 1. The summed E-state index contributed by atoms with van der Waals surface area (Å²) in [6.45, 7) is -1.32. The number of esters is 1. The standard InChI is InChI=1S/C6H9Cl3O5/c7-6(8,9)2-14-5(13)4(12)3(11)1-10/h3-4,10-12H,1-2H2/t3-,4-/m0/s1. The number of aliphatic hydroxyl groups excluding tert-OH is 3. The molecule has 5 nitrogen and oxygen atoms in total. The first-order chi connectivity index (χ1) is 6.28. The summed E-state index contributed by atoms with van der Waals surface area (Å²) in [6.07, 6.45) is -3.47. The minimum Gasteiger partial charge on any atom is -0.459 e. The molecule has 8 heteroatoms. The number of rotatable bonds is 4. The van der Waals surface area contributed by atoms with Crippen molar-refractivity contribution < 1.29 is 24.9 Å². The van der Waals surface area contributed by atoms with Crippen molar-refractivity contribution in [2.45, 2.75) is 16.0 Å². The summed E-state index contributed by atoms with van der Waals surface area (Å²) >= 11 is 15.8. The third-order valence-corrected chi connectivity index (χ3v) is 1.50. The van der Waals surface area contributed by atoms with Crippen molar-refractivity contribution in [2.24, 2.45) is 0 Å². The van der Waals surface area contributed by atoms with Crippen LogP contribution in [0.25, 0.3) is 0 Å². The van der Waals surface area contributed by atoms with Gasteiger partial charge in [0.25, 0.3) is 0 Å².